The zero-order chi connectivity index (χ0) is 17.6. The average Bonchev–Trinajstić information content (AvgIpc) is 2.51. The smallest absolute Gasteiger partial charge is 0.160 e. The quantitative estimate of drug-likeness (QED) is 0.455. The Labute approximate surface area is 137 Å². The molecule has 0 amide bonds. The number of phenolic OH excluding ortho intramolecular Hbond substituents is 2. The fourth-order valence-corrected chi connectivity index (χ4v) is 2.20. The van der Waals surface area contributed by atoms with Crippen LogP contribution in [0.15, 0.2) is 29.9 Å². The van der Waals surface area contributed by atoms with Crippen LogP contribution >= 0.6 is 0 Å². The summed E-state index contributed by atoms with van der Waals surface area (Å²) in [6.45, 7) is 7.64. The Morgan fingerprint density at radius 2 is 1.96 bits per heavy atom. The maximum atomic E-state index is 12.1. The predicted molar refractivity (Wildman–Crippen MR) is 91.0 cm³/mol. The van der Waals surface area contributed by atoms with Crippen LogP contribution < -0.4 is 0 Å². The minimum Gasteiger partial charge on any atom is -0.508 e. The fraction of sp³-hybridized carbons (Fsp3) is 0.368. The van der Waals surface area contributed by atoms with E-state index in [1.807, 2.05) is 6.92 Å². The highest BCUT2D eigenvalue weighted by atomic mass is 16.3. The summed E-state index contributed by atoms with van der Waals surface area (Å²) in [7, 11) is 0. The highest BCUT2D eigenvalue weighted by molar-refractivity contribution is 5.94. The van der Waals surface area contributed by atoms with Crippen molar-refractivity contribution in [1.29, 1.82) is 0 Å². The van der Waals surface area contributed by atoms with E-state index in [4.69, 9.17) is 0 Å². The molecule has 0 aliphatic carbocycles. The molecule has 1 atom stereocenters. The van der Waals surface area contributed by atoms with Gasteiger partial charge in [-0.3, -0.25) is 9.59 Å². The first kappa shape index (κ1) is 18.7. The second-order valence-electron chi connectivity index (χ2n) is 5.83. The van der Waals surface area contributed by atoms with Crippen molar-refractivity contribution < 1.29 is 19.8 Å². The molecule has 0 aliphatic heterocycles. The number of carbonyl (C=O) groups excluding carboxylic acids is 2. The molecule has 0 saturated heterocycles. The Bertz CT molecular complexity index is 654. The van der Waals surface area contributed by atoms with Gasteiger partial charge in [0.25, 0.3) is 0 Å². The van der Waals surface area contributed by atoms with Crippen LogP contribution in [0.5, 0.6) is 11.5 Å². The van der Waals surface area contributed by atoms with Gasteiger partial charge in [0.15, 0.2) is 12.1 Å². The lowest BCUT2D eigenvalue weighted by Crippen LogP contribution is -2.03. The highest BCUT2D eigenvalue weighted by Gasteiger charge is 2.15. The Kier molecular flexibility index (Phi) is 6.76. The number of phenols is 2. The van der Waals surface area contributed by atoms with Crippen LogP contribution in [-0.2, 0) is 11.2 Å². The number of allylic oxidation sites excluding steroid dienone is 4. The standard InChI is InChI=1S/C19H24O4/c1-5-12(2)8-13(3)6-7-16(21)9-15-10-18(22)14(4)19(23)17(15)11-20/h6-8,10-12,22-23H,5,9H2,1-4H3/t12-/m0/s1. The van der Waals surface area contributed by atoms with Crippen LogP contribution in [0.25, 0.3) is 0 Å². The molecule has 4 nitrogen and oxygen atoms in total. The maximum Gasteiger partial charge on any atom is 0.160 e. The van der Waals surface area contributed by atoms with E-state index < -0.39 is 0 Å². The van der Waals surface area contributed by atoms with Gasteiger partial charge >= 0.3 is 0 Å². The first-order chi connectivity index (χ1) is 10.8. The monoisotopic (exact) mass is 316 g/mol. The molecule has 1 aromatic carbocycles. The molecule has 23 heavy (non-hydrogen) atoms. The number of ketones is 1. The summed E-state index contributed by atoms with van der Waals surface area (Å²) in [5, 5.41) is 19.6. The minimum atomic E-state index is -0.278. The molecule has 0 radical (unpaired) electrons. The van der Waals surface area contributed by atoms with Gasteiger partial charge in [0.05, 0.1) is 5.56 Å². The third-order valence-electron chi connectivity index (χ3n) is 3.86. The van der Waals surface area contributed by atoms with Gasteiger partial charge in [-0.2, -0.15) is 0 Å². The van der Waals surface area contributed by atoms with Crippen molar-refractivity contribution in [2.24, 2.45) is 5.92 Å². The number of carbonyl (C=O) groups is 2. The third-order valence-corrected chi connectivity index (χ3v) is 3.86. The van der Waals surface area contributed by atoms with Gasteiger partial charge in [-0.25, -0.2) is 0 Å². The lowest BCUT2D eigenvalue weighted by Gasteiger charge is -2.09. The van der Waals surface area contributed by atoms with E-state index in [0.29, 0.717) is 17.8 Å². The fourth-order valence-electron chi connectivity index (χ4n) is 2.20. The molecule has 2 N–H and O–H groups in total. The Morgan fingerprint density at radius 3 is 2.52 bits per heavy atom. The molecule has 0 spiro atoms. The topological polar surface area (TPSA) is 74.6 Å². The molecule has 0 fully saturated rings. The van der Waals surface area contributed by atoms with Crippen LogP contribution in [-0.4, -0.2) is 22.3 Å². The zero-order valence-electron chi connectivity index (χ0n) is 14.1. The lowest BCUT2D eigenvalue weighted by molar-refractivity contribution is -0.114. The van der Waals surface area contributed by atoms with E-state index in [0.717, 1.165) is 12.0 Å². The highest BCUT2D eigenvalue weighted by Crippen LogP contribution is 2.32. The molecule has 0 saturated carbocycles. The van der Waals surface area contributed by atoms with Crippen molar-refractivity contribution in [3.05, 3.63) is 46.6 Å². The molecule has 1 rings (SSSR count). The summed E-state index contributed by atoms with van der Waals surface area (Å²) < 4.78 is 0. The number of benzene rings is 1. The Balaban J connectivity index is 2.94. The van der Waals surface area contributed by atoms with Gasteiger partial charge in [0, 0.05) is 12.0 Å². The number of aldehydes is 1. The molecule has 0 bridgehead atoms. The summed E-state index contributed by atoms with van der Waals surface area (Å²) in [5.74, 6) is -0.164. The van der Waals surface area contributed by atoms with Gasteiger partial charge in [-0.15, -0.1) is 0 Å². The van der Waals surface area contributed by atoms with Crippen molar-refractivity contribution in [1.82, 2.24) is 0 Å². The summed E-state index contributed by atoms with van der Waals surface area (Å²) in [6, 6.07) is 1.35. The van der Waals surface area contributed by atoms with Gasteiger partial charge in [-0.1, -0.05) is 38.0 Å². The molecule has 0 aliphatic rings. The van der Waals surface area contributed by atoms with Crippen molar-refractivity contribution in [2.75, 3.05) is 0 Å². The second kappa shape index (κ2) is 8.32. The van der Waals surface area contributed by atoms with E-state index in [1.165, 1.54) is 19.1 Å². The second-order valence-corrected chi connectivity index (χ2v) is 5.83. The van der Waals surface area contributed by atoms with Crippen molar-refractivity contribution >= 4 is 12.1 Å². The maximum absolute atomic E-state index is 12.1. The number of aromatic hydroxyl groups is 2. The van der Waals surface area contributed by atoms with Crippen molar-refractivity contribution in [2.45, 2.75) is 40.5 Å². The lowest BCUT2D eigenvalue weighted by atomic mass is 9.98. The minimum absolute atomic E-state index is 0.0499. The summed E-state index contributed by atoms with van der Waals surface area (Å²) >= 11 is 0. The van der Waals surface area contributed by atoms with Gasteiger partial charge < -0.3 is 10.2 Å². The average molecular weight is 316 g/mol. The van der Waals surface area contributed by atoms with Gasteiger partial charge in [-0.05, 0) is 37.5 Å². The summed E-state index contributed by atoms with van der Waals surface area (Å²) in [4.78, 5) is 23.2. The SMILES string of the molecule is CC[C@H](C)C=C(C)C=CC(=O)Cc1cc(O)c(C)c(O)c1C=O. The predicted octanol–water partition coefficient (Wildman–Crippen LogP) is 3.88. The largest absolute Gasteiger partial charge is 0.508 e. The van der Waals surface area contributed by atoms with Crippen LogP contribution in [0.1, 0.15) is 48.7 Å². The summed E-state index contributed by atoms with van der Waals surface area (Å²) in [5.41, 5.74) is 1.59. The van der Waals surface area contributed by atoms with Crippen molar-refractivity contribution in [3.63, 3.8) is 0 Å². The first-order valence-electron chi connectivity index (χ1n) is 7.69. The van der Waals surface area contributed by atoms with E-state index in [1.54, 1.807) is 6.08 Å². The van der Waals surface area contributed by atoms with Crippen LogP contribution in [0.3, 0.4) is 0 Å². The number of hydrogen-bond acceptors (Lipinski definition) is 4. The molecule has 124 valence electrons. The molecule has 0 heterocycles. The summed E-state index contributed by atoms with van der Waals surface area (Å²) in [6.07, 6.45) is 6.76. The van der Waals surface area contributed by atoms with Gasteiger partial charge in [0.2, 0.25) is 0 Å². The van der Waals surface area contributed by atoms with E-state index in [2.05, 4.69) is 19.9 Å². The third kappa shape index (κ3) is 5.09. The zero-order valence-corrected chi connectivity index (χ0v) is 14.1. The molecular weight excluding hydrogens is 292 g/mol. The molecule has 4 heteroatoms. The molecule has 1 aromatic rings. The first-order valence-corrected chi connectivity index (χ1v) is 7.69. The van der Waals surface area contributed by atoms with Gasteiger partial charge in [0.1, 0.15) is 11.5 Å². The van der Waals surface area contributed by atoms with Crippen molar-refractivity contribution in [3.8, 4) is 11.5 Å². The number of rotatable bonds is 7. The number of hydrogen-bond donors (Lipinski definition) is 2. The Morgan fingerprint density at radius 1 is 1.30 bits per heavy atom. The molecule has 0 aromatic heterocycles. The van der Waals surface area contributed by atoms with E-state index >= 15 is 0 Å². The molecular formula is C19H24O4. The molecule has 0 unspecified atom stereocenters. The van der Waals surface area contributed by atoms with E-state index in [-0.39, 0.29) is 34.8 Å². The van der Waals surface area contributed by atoms with Crippen LogP contribution in [0.2, 0.25) is 0 Å². The normalized spacial score (nSPS) is 13.3. The van der Waals surface area contributed by atoms with Crippen LogP contribution in [0, 0.1) is 12.8 Å². The van der Waals surface area contributed by atoms with Crippen LogP contribution in [0.4, 0.5) is 0 Å². The van der Waals surface area contributed by atoms with E-state index in [9.17, 15) is 19.8 Å². The Hall–Kier alpha value is -2.36.